The van der Waals surface area contributed by atoms with Gasteiger partial charge >= 0.3 is 0 Å². The fraction of sp³-hybridized carbons (Fsp3) is 0.133. The molecule has 1 amide bonds. The molecule has 3 aromatic rings. The molecule has 1 aromatic carbocycles. The van der Waals surface area contributed by atoms with Gasteiger partial charge in [0.25, 0.3) is 5.91 Å². The zero-order valence-electron chi connectivity index (χ0n) is 12.1. The number of carbonyl (C=O) groups excluding carboxylic acids is 1. The van der Waals surface area contributed by atoms with Gasteiger partial charge in [0.05, 0.1) is 37.9 Å². The predicted molar refractivity (Wildman–Crippen MR) is 81.4 cm³/mol. The van der Waals surface area contributed by atoms with Gasteiger partial charge in [0.15, 0.2) is 5.65 Å². The molecule has 0 saturated heterocycles. The van der Waals surface area contributed by atoms with Crippen molar-refractivity contribution in [2.24, 2.45) is 0 Å². The molecule has 0 atom stereocenters. The van der Waals surface area contributed by atoms with Crippen LogP contribution in [0.4, 0.5) is 5.69 Å². The van der Waals surface area contributed by atoms with Crippen LogP contribution in [-0.2, 0) is 0 Å². The molecule has 22 heavy (non-hydrogen) atoms. The van der Waals surface area contributed by atoms with Gasteiger partial charge in [-0.2, -0.15) is 0 Å². The highest BCUT2D eigenvalue weighted by Gasteiger charge is 2.11. The van der Waals surface area contributed by atoms with Crippen LogP contribution < -0.4 is 14.8 Å². The van der Waals surface area contributed by atoms with E-state index in [1.807, 2.05) is 0 Å². The Morgan fingerprint density at radius 1 is 1.09 bits per heavy atom. The van der Waals surface area contributed by atoms with E-state index in [-0.39, 0.29) is 5.91 Å². The summed E-state index contributed by atoms with van der Waals surface area (Å²) in [5.41, 5.74) is 2.35. The second kappa shape index (κ2) is 5.72. The summed E-state index contributed by atoms with van der Waals surface area (Å²) in [6.45, 7) is 0. The van der Waals surface area contributed by atoms with Gasteiger partial charge in [-0.1, -0.05) is 0 Å². The van der Waals surface area contributed by atoms with Gasteiger partial charge in [-0.05, 0) is 18.2 Å². The Morgan fingerprint density at radius 2 is 1.82 bits per heavy atom. The number of carbonyl (C=O) groups is 1. The molecule has 7 heteroatoms. The lowest BCUT2D eigenvalue weighted by Crippen LogP contribution is -2.12. The third kappa shape index (κ3) is 2.69. The van der Waals surface area contributed by atoms with Gasteiger partial charge in [0.2, 0.25) is 0 Å². The molecular weight excluding hydrogens is 284 g/mol. The molecule has 0 aliphatic rings. The summed E-state index contributed by atoms with van der Waals surface area (Å²) in [5.74, 6) is 0.816. The number of ether oxygens (including phenoxy) is 2. The molecule has 3 rings (SSSR count). The van der Waals surface area contributed by atoms with Gasteiger partial charge in [0.1, 0.15) is 11.5 Å². The maximum absolute atomic E-state index is 12.3. The first-order valence-corrected chi connectivity index (χ1v) is 6.53. The van der Waals surface area contributed by atoms with Crippen molar-refractivity contribution < 1.29 is 14.3 Å². The van der Waals surface area contributed by atoms with Crippen LogP contribution in [0, 0.1) is 0 Å². The quantitative estimate of drug-likeness (QED) is 0.771. The number of nitrogens with one attached hydrogen (secondary N) is 2. The van der Waals surface area contributed by atoms with Crippen molar-refractivity contribution in [2.75, 3.05) is 19.5 Å². The lowest BCUT2D eigenvalue weighted by Gasteiger charge is -2.09. The van der Waals surface area contributed by atoms with Crippen LogP contribution in [-0.4, -0.2) is 35.1 Å². The number of nitrogens with zero attached hydrogens (tertiary/aromatic N) is 2. The Labute approximate surface area is 126 Å². The van der Waals surface area contributed by atoms with Crippen LogP contribution in [0.2, 0.25) is 0 Å². The number of fused-ring (bicyclic) bond motifs is 1. The van der Waals surface area contributed by atoms with Crippen molar-refractivity contribution in [3.8, 4) is 11.5 Å². The predicted octanol–water partition coefficient (Wildman–Crippen LogP) is 2.23. The SMILES string of the molecule is COc1cc(OC)cc(C(=O)Nc2cnc3nc[nH]c3c2)c1. The Bertz CT molecular complexity index is 806. The number of imidazole rings is 1. The van der Waals surface area contributed by atoms with E-state index in [9.17, 15) is 4.79 Å². The molecule has 2 heterocycles. The lowest BCUT2D eigenvalue weighted by molar-refractivity contribution is 0.102. The van der Waals surface area contributed by atoms with E-state index in [4.69, 9.17) is 9.47 Å². The third-order valence-corrected chi connectivity index (χ3v) is 3.15. The Kier molecular flexibility index (Phi) is 3.61. The van der Waals surface area contributed by atoms with Crippen molar-refractivity contribution in [3.05, 3.63) is 42.4 Å². The number of amides is 1. The highest BCUT2D eigenvalue weighted by atomic mass is 16.5. The Morgan fingerprint density at radius 3 is 2.50 bits per heavy atom. The molecule has 2 aromatic heterocycles. The van der Waals surface area contributed by atoms with E-state index >= 15 is 0 Å². The minimum atomic E-state index is -0.280. The standard InChI is InChI=1S/C15H14N4O3/c1-21-11-3-9(4-12(6-11)22-2)15(20)19-10-5-13-14(16-7-10)18-8-17-13/h3-8H,1-2H3,(H,19,20)(H,16,17,18). The fourth-order valence-corrected chi connectivity index (χ4v) is 2.04. The molecule has 112 valence electrons. The van der Waals surface area contributed by atoms with Crippen molar-refractivity contribution in [1.82, 2.24) is 15.0 Å². The van der Waals surface area contributed by atoms with Crippen LogP contribution in [0.15, 0.2) is 36.8 Å². The first-order valence-electron chi connectivity index (χ1n) is 6.53. The maximum Gasteiger partial charge on any atom is 0.255 e. The normalized spacial score (nSPS) is 10.5. The molecule has 0 spiro atoms. The smallest absolute Gasteiger partial charge is 0.255 e. The molecule has 2 N–H and O–H groups in total. The second-order valence-corrected chi connectivity index (χ2v) is 4.55. The largest absolute Gasteiger partial charge is 0.497 e. The molecule has 0 unspecified atom stereocenters. The zero-order valence-corrected chi connectivity index (χ0v) is 12.1. The topological polar surface area (TPSA) is 89.1 Å². The van der Waals surface area contributed by atoms with Crippen LogP contribution >= 0.6 is 0 Å². The molecule has 0 aliphatic heterocycles. The number of anilines is 1. The number of hydrogen-bond donors (Lipinski definition) is 2. The maximum atomic E-state index is 12.3. The molecule has 0 saturated carbocycles. The Balaban J connectivity index is 1.87. The van der Waals surface area contributed by atoms with Crippen molar-refractivity contribution >= 4 is 22.8 Å². The minimum absolute atomic E-state index is 0.280. The number of pyridine rings is 1. The number of aromatic amines is 1. The molecule has 0 radical (unpaired) electrons. The van der Waals surface area contributed by atoms with Gasteiger partial charge in [-0.15, -0.1) is 0 Å². The lowest BCUT2D eigenvalue weighted by atomic mass is 10.2. The summed E-state index contributed by atoms with van der Waals surface area (Å²) in [6.07, 6.45) is 3.11. The summed E-state index contributed by atoms with van der Waals surface area (Å²) in [7, 11) is 3.07. The van der Waals surface area contributed by atoms with Crippen LogP contribution in [0.25, 0.3) is 11.2 Å². The molecular formula is C15H14N4O3. The van der Waals surface area contributed by atoms with E-state index in [0.29, 0.717) is 28.4 Å². The summed E-state index contributed by atoms with van der Waals surface area (Å²) in [5, 5.41) is 2.78. The molecule has 0 bridgehead atoms. The zero-order chi connectivity index (χ0) is 15.5. The second-order valence-electron chi connectivity index (χ2n) is 4.55. The van der Waals surface area contributed by atoms with E-state index in [1.54, 1.807) is 36.8 Å². The first-order chi connectivity index (χ1) is 10.7. The summed E-state index contributed by atoms with van der Waals surface area (Å²) < 4.78 is 10.3. The van der Waals surface area contributed by atoms with Crippen LogP contribution in [0.5, 0.6) is 11.5 Å². The summed E-state index contributed by atoms with van der Waals surface area (Å²) in [4.78, 5) is 23.5. The minimum Gasteiger partial charge on any atom is -0.497 e. The third-order valence-electron chi connectivity index (χ3n) is 3.15. The number of H-pyrrole nitrogens is 1. The van der Waals surface area contributed by atoms with Crippen molar-refractivity contribution in [3.63, 3.8) is 0 Å². The van der Waals surface area contributed by atoms with Crippen LogP contribution in [0.1, 0.15) is 10.4 Å². The first kappa shape index (κ1) is 13.9. The van der Waals surface area contributed by atoms with E-state index in [2.05, 4.69) is 20.3 Å². The number of hydrogen-bond acceptors (Lipinski definition) is 5. The van der Waals surface area contributed by atoms with E-state index in [0.717, 1.165) is 5.52 Å². The monoisotopic (exact) mass is 298 g/mol. The molecule has 0 aliphatic carbocycles. The number of benzene rings is 1. The number of methoxy groups -OCH3 is 2. The van der Waals surface area contributed by atoms with E-state index in [1.165, 1.54) is 14.2 Å². The number of rotatable bonds is 4. The van der Waals surface area contributed by atoms with E-state index < -0.39 is 0 Å². The van der Waals surface area contributed by atoms with Crippen LogP contribution in [0.3, 0.4) is 0 Å². The van der Waals surface area contributed by atoms with Crippen molar-refractivity contribution in [2.45, 2.75) is 0 Å². The Hall–Kier alpha value is -3.09. The van der Waals surface area contributed by atoms with Crippen molar-refractivity contribution in [1.29, 1.82) is 0 Å². The van der Waals surface area contributed by atoms with Gasteiger partial charge in [-0.25, -0.2) is 9.97 Å². The average molecular weight is 298 g/mol. The highest BCUT2D eigenvalue weighted by Crippen LogP contribution is 2.23. The fourth-order valence-electron chi connectivity index (χ4n) is 2.04. The highest BCUT2D eigenvalue weighted by molar-refractivity contribution is 6.05. The van der Waals surface area contributed by atoms with Gasteiger partial charge in [-0.3, -0.25) is 4.79 Å². The summed E-state index contributed by atoms with van der Waals surface area (Å²) >= 11 is 0. The molecule has 7 nitrogen and oxygen atoms in total. The van der Waals surface area contributed by atoms with Gasteiger partial charge < -0.3 is 19.8 Å². The summed E-state index contributed by atoms with van der Waals surface area (Å²) in [6, 6.07) is 6.75. The van der Waals surface area contributed by atoms with Gasteiger partial charge in [0, 0.05) is 11.6 Å². The number of aromatic nitrogens is 3. The average Bonchev–Trinajstić information content (AvgIpc) is 3.01. The molecule has 0 fully saturated rings.